The number of aromatic nitrogens is 4. The van der Waals surface area contributed by atoms with Crippen LogP contribution in [0.1, 0.15) is 35.7 Å². The van der Waals surface area contributed by atoms with Crippen LogP contribution in [-0.4, -0.2) is 37.3 Å². The minimum absolute atomic E-state index is 0.0399. The number of imidazole rings is 1. The van der Waals surface area contributed by atoms with Crippen molar-refractivity contribution in [3.63, 3.8) is 0 Å². The number of primary amides is 1. The van der Waals surface area contributed by atoms with Crippen LogP contribution in [0.3, 0.4) is 0 Å². The van der Waals surface area contributed by atoms with Crippen LogP contribution >= 0.6 is 0 Å². The molecule has 3 aromatic heterocycles. The molecule has 9 nitrogen and oxygen atoms in total. The number of terminal acetylenes is 1. The highest BCUT2D eigenvalue weighted by Gasteiger charge is 2.18. The number of nitrogens with zero attached hydrogens (tertiary/aromatic N) is 4. The highest BCUT2D eigenvalue weighted by Crippen LogP contribution is 2.34. The Kier molecular flexibility index (Phi) is 6.82. The fraction of sp³-hybridized carbons (Fsp3) is 0.200. The highest BCUT2D eigenvalue weighted by atomic mass is 16.5. The van der Waals surface area contributed by atoms with Crippen molar-refractivity contribution in [3.8, 4) is 34.8 Å². The quantitative estimate of drug-likeness (QED) is 0.329. The summed E-state index contributed by atoms with van der Waals surface area (Å²) in [5.41, 5.74) is 9.80. The Balaban J connectivity index is 1.68. The Hall–Kier alpha value is -4.26. The van der Waals surface area contributed by atoms with Gasteiger partial charge >= 0.3 is 0 Å². The topological polar surface area (TPSA) is 132 Å². The molecular weight excluding hydrogens is 432 g/mol. The van der Waals surface area contributed by atoms with E-state index in [4.69, 9.17) is 16.7 Å². The number of aliphatic hydroxyl groups excluding tert-OH is 1. The van der Waals surface area contributed by atoms with Crippen LogP contribution in [0, 0.1) is 12.3 Å². The van der Waals surface area contributed by atoms with Crippen molar-refractivity contribution in [1.29, 1.82) is 0 Å². The molecule has 1 atom stereocenters. The lowest BCUT2D eigenvalue weighted by atomic mass is 9.96. The smallest absolute Gasteiger partial charge is 0.231 e. The van der Waals surface area contributed by atoms with Crippen LogP contribution in [0.4, 0.5) is 0 Å². The first-order valence-corrected chi connectivity index (χ1v) is 10.6. The molecular formula is C25H24N6O3. The fourth-order valence-electron chi connectivity index (χ4n) is 3.74. The zero-order valence-electron chi connectivity index (χ0n) is 18.6. The SMILES string of the molecule is C#Cc1cc(-c2ccccc2-c2oncc2Cn2ccnc2C(C)O)cnc1CNCC(N)=O. The Morgan fingerprint density at radius 1 is 1.29 bits per heavy atom. The first kappa shape index (κ1) is 22.9. The Labute approximate surface area is 196 Å². The normalized spacial score (nSPS) is 11.8. The summed E-state index contributed by atoms with van der Waals surface area (Å²) in [6, 6.07) is 9.63. The number of hydrogen-bond acceptors (Lipinski definition) is 7. The van der Waals surface area contributed by atoms with Gasteiger partial charge in [0, 0.05) is 47.4 Å². The number of amides is 1. The van der Waals surface area contributed by atoms with Crippen molar-refractivity contribution in [1.82, 2.24) is 25.0 Å². The van der Waals surface area contributed by atoms with E-state index in [2.05, 4.69) is 26.4 Å². The summed E-state index contributed by atoms with van der Waals surface area (Å²) in [7, 11) is 0. The second kappa shape index (κ2) is 10.1. The van der Waals surface area contributed by atoms with Gasteiger partial charge in [-0.25, -0.2) is 4.98 Å². The van der Waals surface area contributed by atoms with Crippen LogP contribution in [0.15, 0.2) is 59.6 Å². The van der Waals surface area contributed by atoms with Crippen LogP contribution in [-0.2, 0) is 17.9 Å². The molecule has 3 heterocycles. The maximum Gasteiger partial charge on any atom is 0.231 e. The Morgan fingerprint density at radius 3 is 2.82 bits per heavy atom. The highest BCUT2D eigenvalue weighted by molar-refractivity contribution is 5.82. The van der Waals surface area contributed by atoms with E-state index in [1.54, 1.807) is 31.7 Å². The summed E-state index contributed by atoms with van der Waals surface area (Å²) in [5, 5.41) is 16.9. The van der Waals surface area contributed by atoms with Crippen molar-refractivity contribution >= 4 is 5.91 Å². The summed E-state index contributed by atoms with van der Waals surface area (Å²) in [4.78, 5) is 19.7. The maximum absolute atomic E-state index is 11.0. The maximum atomic E-state index is 11.0. The molecule has 4 N–H and O–H groups in total. The molecule has 0 fully saturated rings. The monoisotopic (exact) mass is 456 g/mol. The van der Waals surface area contributed by atoms with E-state index < -0.39 is 12.0 Å². The lowest BCUT2D eigenvalue weighted by Crippen LogP contribution is -2.28. The lowest BCUT2D eigenvalue weighted by Gasteiger charge is -2.12. The molecule has 34 heavy (non-hydrogen) atoms. The van der Waals surface area contributed by atoms with E-state index in [9.17, 15) is 9.90 Å². The largest absolute Gasteiger partial charge is 0.385 e. The zero-order valence-corrected chi connectivity index (χ0v) is 18.6. The molecule has 0 spiro atoms. The van der Waals surface area contributed by atoms with Gasteiger partial charge in [-0.3, -0.25) is 9.78 Å². The third-order valence-corrected chi connectivity index (χ3v) is 5.31. The summed E-state index contributed by atoms with van der Waals surface area (Å²) in [5.74, 6) is 3.38. The molecule has 1 unspecified atom stereocenters. The van der Waals surface area contributed by atoms with Crippen LogP contribution in [0.2, 0.25) is 0 Å². The number of nitrogens with one attached hydrogen (secondary N) is 1. The molecule has 0 saturated heterocycles. The van der Waals surface area contributed by atoms with Crippen molar-refractivity contribution in [2.45, 2.75) is 26.1 Å². The number of carbonyl (C=O) groups is 1. The number of hydrogen-bond donors (Lipinski definition) is 3. The third-order valence-electron chi connectivity index (χ3n) is 5.31. The van der Waals surface area contributed by atoms with Gasteiger partial charge in [0.15, 0.2) is 5.76 Å². The first-order chi connectivity index (χ1) is 16.5. The number of rotatable bonds is 9. The van der Waals surface area contributed by atoms with Crippen LogP contribution in [0.5, 0.6) is 0 Å². The summed E-state index contributed by atoms with van der Waals surface area (Å²) in [6.07, 6.45) is 11.9. The Morgan fingerprint density at radius 2 is 2.09 bits per heavy atom. The minimum Gasteiger partial charge on any atom is -0.385 e. The van der Waals surface area contributed by atoms with Gasteiger partial charge in [-0.2, -0.15) is 0 Å². The molecule has 0 bridgehead atoms. The molecule has 0 aliphatic rings. The number of aliphatic hydroxyl groups is 1. The third kappa shape index (κ3) is 4.88. The molecule has 0 aliphatic heterocycles. The van der Waals surface area contributed by atoms with Crippen molar-refractivity contribution in [2.75, 3.05) is 6.54 Å². The van der Waals surface area contributed by atoms with Gasteiger partial charge in [0.1, 0.15) is 11.9 Å². The molecule has 4 rings (SSSR count). The van der Waals surface area contributed by atoms with E-state index in [1.165, 1.54) is 0 Å². The molecule has 1 aromatic carbocycles. The van der Waals surface area contributed by atoms with E-state index >= 15 is 0 Å². The van der Waals surface area contributed by atoms with E-state index in [1.807, 2.05) is 34.9 Å². The van der Waals surface area contributed by atoms with Crippen molar-refractivity contribution in [2.24, 2.45) is 5.73 Å². The molecule has 4 aromatic rings. The van der Waals surface area contributed by atoms with Crippen molar-refractivity contribution in [3.05, 3.63) is 77.8 Å². The van der Waals surface area contributed by atoms with Crippen molar-refractivity contribution < 1.29 is 14.4 Å². The van der Waals surface area contributed by atoms with Gasteiger partial charge in [-0.15, -0.1) is 6.42 Å². The number of benzene rings is 1. The standard InChI is InChI=1S/C25H24N6O3/c1-3-17-10-18(11-29-22(17)13-27-14-23(26)33)20-6-4-5-7-21(20)24-19(12-30-34-24)15-31-9-8-28-25(31)16(2)32/h1,4-12,16,27,32H,13-15H2,2H3,(H2,26,33). The van der Waals surface area contributed by atoms with E-state index in [0.717, 1.165) is 22.3 Å². The fourth-order valence-corrected chi connectivity index (χ4v) is 3.74. The van der Waals surface area contributed by atoms with E-state index in [-0.39, 0.29) is 6.54 Å². The number of pyridine rings is 1. The minimum atomic E-state index is -0.699. The predicted octanol–water partition coefficient (Wildman–Crippen LogP) is 2.26. The van der Waals surface area contributed by atoms with Crippen LogP contribution < -0.4 is 11.1 Å². The zero-order chi connectivity index (χ0) is 24.1. The van der Waals surface area contributed by atoms with E-state index in [0.29, 0.717) is 35.9 Å². The average Bonchev–Trinajstić information content (AvgIpc) is 3.49. The van der Waals surface area contributed by atoms with Gasteiger partial charge in [0.05, 0.1) is 25.0 Å². The van der Waals surface area contributed by atoms with Gasteiger partial charge in [-0.1, -0.05) is 35.3 Å². The van der Waals surface area contributed by atoms with Gasteiger partial charge in [-0.05, 0) is 18.6 Å². The molecule has 9 heteroatoms. The summed E-state index contributed by atoms with van der Waals surface area (Å²) >= 11 is 0. The second-order valence-electron chi connectivity index (χ2n) is 7.75. The molecule has 0 aliphatic carbocycles. The van der Waals surface area contributed by atoms with Gasteiger partial charge in [0.25, 0.3) is 0 Å². The van der Waals surface area contributed by atoms with Gasteiger partial charge < -0.3 is 25.2 Å². The van der Waals surface area contributed by atoms with Gasteiger partial charge in [0.2, 0.25) is 5.91 Å². The Bertz CT molecular complexity index is 1350. The average molecular weight is 457 g/mol. The summed E-state index contributed by atoms with van der Waals surface area (Å²) < 4.78 is 7.51. The second-order valence-corrected chi connectivity index (χ2v) is 7.75. The molecule has 0 radical (unpaired) electrons. The number of nitrogens with two attached hydrogens (primary N) is 1. The van der Waals surface area contributed by atoms with Crippen LogP contribution in [0.25, 0.3) is 22.5 Å². The number of carbonyl (C=O) groups excluding carboxylic acids is 1. The first-order valence-electron chi connectivity index (χ1n) is 10.6. The lowest BCUT2D eigenvalue weighted by molar-refractivity contribution is -0.117. The molecule has 1 amide bonds. The summed E-state index contributed by atoms with van der Waals surface area (Å²) in [6.45, 7) is 2.48. The molecule has 172 valence electrons. The molecule has 0 saturated carbocycles. The predicted molar refractivity (Wildman–Crippen MR) is 126 cm³/mol.